The Morgan fingerprint density at radius 2 is 2.12 bits per heavy atom. The van der Waals surface area contributed by atoms with Crippen LogP contribution in [0.5, 0.6) is 5.75 Å². The smallest absolute Gasteiger partial charge is 0.328 e. The van der Waals surface area contributed by atoms with Crippen LogP contribution in [-0.4, -0.2) is 29.8 Å². The van der Waals surface area contributed by atoms with E-state index < -0.39 is 12.4 Å². The predicted molar refractivity (Wildman–Crippen MR) is 56.8 cm³/mol. The number of aliphatic hydroxyl groups excluding tert-OH is 1. The monoisotopic (exact) mass is 224 g/mol. The highest BCUT2D eigenvalue weighted by Gasteiger charge is 2.06. The first-order chi connectivity index (χ1) is 7.63. The minimum absolute atomic E-state index is 0.342. The van der Waals surface area contributed by atoms with Crippen LogP contribution < -0.4 is 4.74 Å². The molecule has 1 unspecified atom stereocenters. The fourth-order valence-electron chi connectivity index (χ4n) is 1.04. The van der Waals surface area contributed by atoms with Crippen molar-refractivity contribution in [2.45, 2.75) is 6.48 Å². The van der Waals surface area contributed by atoms with E-state index in [0.29, 0.717) is 11.3 Å². The lowest BCUT2D eigenvalue weighted by Crippen LogP contribution is -2.17. The molecule has 0 aliphatic rings. The number of rotatable bonds is 5. The number of carbonyl (C=O) groups is 1. The Hall–Kier alpha value is -1.85. The van der Waals surface area contributed by atoms with Crippen LogP contribution in [0.25, 0.3) is 6.08 Å². The molecule has 86 valence electrons. The summed E-state index contributed by atoms with van der Waals surface area (Å²) in [5.41, 5.74) is 0.543. The molecule has 0 fully saturated rings. The van der Waals surface area contributed by atoms with Crippen molar-refractivity contribution in [1.82, 2.24) is 0 Å². The number of carboxylic acids is 1. The van der Waals surface area contributed by atoms with Crippen LogP contribution in [0.2, 0.25) is 0 Å². The number of hydrogen-bond donors (Lipinski definition) is 2. The summed E-state index contributed by atoms with van der Waals surface area (Å²) < 4.78 is 9.54. The highest BCUT2D eigenvalue weighted by molar-refractivity contribution is 5.85. The van der Waals surface area contributed by atoms with E-state index in [1.807, 2.05) is 0 Å². The van der Waals surface area contributed by atoms with Gasteiger partial charge in [0, 0.05) is 18.7 Å². The highest BCUT2D eigenvalue weighted by Crippen LogP contribution is 2.20. The minimum Gasteiger partial charge on any atom is -0.478 e. The Balaban J connectivity index is 2.87. The molecule has 1 rings (SSSR count). The van der Waals surface area contributed by atoms with Crippen LogP contribution in [0.1, 0.15) is 5.56 Å². The third-order valence-electron chi connectivity index (χ3n) is 1.75. The van der Waals surface area contributed by atoms with Crippen molar-refractivity contribution in [2.24, 2.45) is 0 Å². The van der Waals surface area contributed by atoms with Gasteiger partial charge in [-0.15, -0.1) is 0 Å². The molecule has 0 amide bonds. The molecule has 1 atom stereocenters. The van der Waals surface area contributed by atoms with Gasteiger partial charge in [0.1, 0.15) is 5.75 Å². The van der Waals surface area contributed by atoms with E-state index in [1.165, 1.54) is 13.2 Å². The number of aliphatic carboxylic acids is 1. The van der Waals surface area contributed by atoms with E-state index in [0.717, 1.165) is 6.08 Å². The summed E-state index contributed by atoms with van der Waals surface area (Å²) in [5, 5.41) is 17.6. The summed E-state index contributed by atoms with van der Waals surface area (Å²) in [4.78, 5) is 10.4. The van der Waals surface area contributed by atoms with Gasteiger partial charge >= 0.3 is 12.4 Å². The lowest BCUT2D eigenvalue weighted by Gasteiger charge is -2.12. The standard InChI is InChI=1S/C11H12O5/c1-15-11(14)16-9-5-3-2-4-8(9)6-7-10(12)13/h2-7,11,14H,1H3,(H,12,13)/b7-6+. The summed E-state index contributed by atoms with van der Waals surface area (Å²) in [6.07, 6.45) is 2.36. The van der Waals surface area contributed by atoms with Gasteiger partial charge in [-0.3, -0.25) is 0 Å². The van der Waals surface area contributed by atoms with E-state index in [9.17, 15) is 4.79 Å². The quantitative estimate of drug-likeness (QED) is 0.578. The Bertz CT molecular complexity index is 386. The average molecular weight is 224 g/mol. The highest BCUT2D eigenvalue weighted by atomic mass is 16.8. The summed E-state index contributed by atoms with van der Waals surface area (Å²) >= 11 is 0. The third kappa shape index (κ3) is 3.72. The number of aliphatic hydroxyl groups is 1. The molecule has 0 saturated heterocycles. The van der Waals surface area contributed by atoms with Crippen molar-refractivity contribution in [3.8, 4) is 5.75 Å². The molecule has 0 bridgehead atoms. The Morgan fingerprint density at radius 3 is 2.75 bits per heavy atom. The SMILES string of the molecule is COC(O)Oc1ccccc1/C=C/C(=O)O. The Morgan fingerprint density at radius 1 is 1.44 bits per heavy atom. The molecule has 1 aromatic carbocycles. The number of benzene rings is 1. The molecule has 1 aromatic rings. The van der Waals surface area contributed by atoms with E-state index in [2.05, 4.69) is 4.74 Å². The van der Waals surface area contributed by atoms with E-state index in [1.54, 1.807) is 24.3 Å². The fourth-order valence-corrected chi connectivity index (χ4v) is 1.04. The van der Waals surface area contributed by atoms with Crippen molar-refractivity contribution in [3.05, 3.63) is 35.9 Å². The maximum Gasteiger partial charge on any atom is 0.328 e. The van der Waals surface area contributed by atoms with Crippen LogP contribution in [0, 0.1) is 0 Å². The largest absolute Gasteiger partial charge is 0.478 e. The van der Waals surface area contributed by atoms with Gasteiger partial charge in [-0.2, -0.15) is 0 Å². The molecule has 0 saturated carbocycles. The first kappa shape index (κ1) is 12.2. The topological polar surface area (TPSA) is 76.0 Å². The van der Waals surface area contributed by atoms with E-state index in [-0.39, 0.29) is 0 Å². The molecule has 2 N–H and O–H groups in total. The molecule has 5 nitrogen and oxygen atoms in total. The van der Waals surface area contributed by atoms with Crippen molar-refractivity contribution < 1.29 is 24.5 Å². The Labute approximate surface area is 92.5 Å². The normalized spacial score (nSPS) is 12.6. The maximum atomic E-state index is 10.4. The Kier molecular flexibility index (Phi) is 4.50. The fraction of sp³-hybridized carbons (Fsp3) is 0.182. The van der Waals surface area contributed by atoms with Gasteiger partial charge in [-0.25, -0.2) is 4.79 Å². The number of methoxy groups -OCH3 is 1. The number of ether oxygens (including phenoxy) is 2. The second kappa shape index (κ2) is 5.89. The lowest BCUT2D eigenvalue weighted by atomic mass is 10.2. The molecule has 0 aromatic heterocycles. The molecule has 0 heterocycles. The summed E-state index contributed by atoms with van der Waals surface area (Å²) in [6.45, 7) is -1.38. The van der Waals surface area contributed by atoms with Gasteiger partial charge in [0.05, 0.1) is 0 Å². The molecule has 0 aliphatic carbocycles. The molecule has 5 heteroatoms. The van der Waals surface area contributed by atoms with Crippen molar-refractivity contribution in [2.75, 3.05) is 7.11 Å². The second-order valence-corrected chi connectivity index (χ2v) is 2.87. The first-order valence-electron chi connectivity index (χ1n) is 4.51. The summed E-state index contributed by atoms with van der Waals surface area (Å²) in [6, 6.07) is 6.70. The zero-order valence-corrected chi connectivity index (χ0v) is 8.66. The summed E-state index contributed by atoms with van der Waals surface area (Å²) in [5.74, 6) is -0.712. The number of hydrogen-bond acceptors (Lipinski definition) is 4. The van der Waals surface area contributed by atoms with Gasteiger partial charge in [0.2, 0.25) is 0 Å². The minimum atomic E-state index is -1.38. The van der Waals surface area contributed by atoms with Crippen molar-refractivity contribution in [3.63, 3.8) is 0 Å². The van der Waals surface area contributed by atoms with Gasteiger partial charge in [-0.1, -0.05) is 18.2 Å². The summed E-state index contributed by atoms with van der Waals surface area (Å²) in [7, 11) is 1.29. The number of carboxylic acid groups (broad SMARTS) is 1. The molecular formula is C11H12O5. The first-order valence-corrected chi connectivity index (χ1v) is 4.51. The lowest BCUT2D eigenvalue weighted by molar-refractivity contribution is -0.200. The van der Waals surface area contributed by atoms with E-state index >= 15 is 0 Å². The van der Waals surface area contributed by atoms with Crippen LogP contribution in [0.15, 0.2) is 30.3 Å². The van der Waals surface area contributed by atoms with E-state index in [4.69, 9.17) is 14.9 Å². The molecule has 0 spiro atoms. The zero-order valence-electron chi connectivity index (χ0n) is 8.66. The van der Waals surface area contributed by atoms with Crippen molar-refractivity contribution in [1.29, 1.82) is 0 Å². The molecule has 0 radical (unpaired) electrons. The predicted octanol–water partition coefficient (Wildman–Crippen LogP) is 1.09. The zero-order chi connectivity index (χ0) is 12.0. The third-order valence-corrected chi connectivity index (χ3v) is 1.75. The van der Waals surface area contributed by atoms with Gasteiger partial charge < -0.3 is 19.7 Å². The second-order valence-electron chi connectivity index (χ2n) is 2.87. The van der Waals surface area contributed by atoms with Gasteiger partial charge in [-0.05, 0) is 12.1 Å². The molecule has 0 aliphatic heterocycles. The number of para-hydroxylation sites is 1. The van der Waals surface area contributed by atoms with Crippen LogP contribution >= 0.6 is 0 Å². The van der Waals surface area contributed by atoms with Crippen LogP contribution in [0.3, 0.4) is 0 Å². The average Bonchev–Trinajstić information content (AvgIpc) is 2.27. The molecular weight excluding hydrogens is 212 g/mol. The van der Waals surface area contributed by atoms with Gasteiger partial charge in [0.15, 0.2) is 0 Å². The van der Waals surface area contributed by atoms with Gasteiger partial charge in [0.25, 0.3) is 0 Å². The van der Waals surface area contributed by atoms with Crippen LogP contribution in [0.4, 0.5) is 0 Å². The molecule has 16 heavy (non-hydrogen) atoms. The van der Waals surface area contributed by atoms with Crippen molar-refractivity contribution >= 4 is 12.0 Å². The van der Waals surface area contributed by atoms with Crippen LogP contribution in [-0.2, 0) is 9.53 Å². The maximum absolute atomic E-state index is 10.4.